The van der Waals surface area contributed by atoms with Gasteiger partial charge in [0.2, 0.25) is 5.91 Å². The van der Waals surface area contributed by atoms with Crippen molar-refractivity contribution in [3.05, 3.63) is 0 Å². The van der Waals surface area contributed by atoms with Crippen LogP contribution >= 0.6 is 0 Å². The third-order valence-corrected chi connectivity index (χ3v) is 2.24. The second-order valence-electron chi connectivity index (χ2n) is 3.54. The molecule has 0 spiro atoms. The molecule has 1 rings (SSSR count). The minimum Gasteiger partial charge on any atom is -0.480 e. The van der Waals surface area contributed by atoms with E-state index >= 15 is 0 Å². The van der Waals surface area contributed by atoms with Crippen LogP contribution in [-0.4, -0.2) is 59.3 Å². The van der Waals surface area contributed by atoms with Crippen LogP contribution in [0.3, 0.4) is 0 Å². The van der Waals surface area contributed by atoms with Gasteiger partial charge >= 0.3 is 11.9 Å². The highest BCUT2D eigenvalue weighted by atomic mass is 16.5. The zero-order valence-electron chi connectivity index (χ0n) is 8.59. The topological polar surface area (TPSA) is 104 Å². The van der Waals surface area contributed by atoms with E-state index in [0.717, 1.165) is 4.90 Å². The van der Waals surface area contributed by atoms with Gasteiger partial charge in [-0.2, -0.15) is 0 Å². The van der Waals surface area contributed by atoms with Gasteiger partial charge in [-0.15, -0.1) is 0 Å². The summed E-state index contributed by atoms with van der Waals surface area (Å²) >= 11 is 0. The standard InChI is InChI=1S/C9H13NO6/c11-7(12)3-10(4-8(13)14)9(15)6-1-2-16-5-6/h6H,1-5H2,(H,11,12)(H,13,14). The molecule has 0 aromatic rings. The van der Waals surface area contributed by atoms with E-state index in [2.05, 4.69) is 0 Å². The molecule has 16 heavy (non-hydrogen) atoms. The van der Waals surface area contributed by atoms with E-state index in [4.69, 9.17) is 14.9 Å². The average molecular weight is 231 g/mol. The molecule has 7 heteroatoms. The third kappa shape index (κ3) is 3.50. The second kappa shape index (κ2) is 5.45. The quantitative estimate of drug-likeness (QED) is 0.630. The monoisotopic (exact) mass is 231 g/mol. The average Bonchev–Trinajstić information content (AvgIpc) is 2.66. The molecular formula is C9H13NO6. The van der Waals surface area contributed by atoms with Gasteiger partial charge in [-0.1, -0.05) is 0 Å². The summed E-state index contributed by atoms with van der Waals surface area (Å²) in [7, 11) is 0. The minimum atomic E-state index is -1.23. The van der Waals surface area contributed by atoms with Gasteiger partial charge in [0.05, 0.1) is 12.5 Å². The second-order valence-corrected chi connectivity index (χ2v) is 3.54. The van der Waals surface area contributed by atoms with Crippen LogP contribution < -0.4 is 0 Å². The molecule has 1 amide bonds. The summed E-state index contributed by atoms with van der Waals surface area (Å²) in [5.74, 6) is -3.34. The summed E-state index contributed by atoms with van der Waals surface area (Å²) < 4.78 is 5.00. The molecule has 1 aliphatic heterocycles. The smallest absolute Gasteiger partial charge is 0.323 e. The number of carbonyl (C=O) groups excluding carboxylic acids is 1. The highest BCUT2D eigenvalue weighted by Crippen LogP contribution is 2.15. The van der Waals surface area contributed by atoms with Crippen molar-refractivity contribution >= 4 is 17.8 Å². The van der Waals surface area contributed by atoms with E-state index in [1.807, 2.05) is 0 Å². The summed E-state index contributed by atoms with van der Waals surface area (Å²) in [4.78, 5) is 33.5. The Balaban J connectivity index is 2.62. The van der Waals surface area contributed by atoms with Gasteiger partial charge in [0, 0.05) is 6.61 Å². The fourth-order valence-electron chi connectivity index (χ4n) is 1.53. The van der Waals surface area contributed by atoms with Crippen LogP contribution in [-0.2, 0) is 19.1 Å². The lowest BCUT2D eigenvalue weighted by Crippen LogP contribution is -2.42. The van der Waals surface area contributed by atoms with Crippen LogP contribution in [0.4, 0.5) is 0 Å². The number of ether oxygens (including phenoxy) is 1. The molecule has 0 bridgehead atoms. The maximum Gasteiger partial charge on any atom is 0.323 e. The predicted molar refractivity (Wildman–Crippen MR) is 50.8 cm³/mol. The van der Waals surface area contributed by atoms with Crippen molar-refractivity contribution in [3.63, 3.8) is 0 Å². The number of hydrogen-bond acceptors (Lipinski definition) is 4. The molecule has 0 aromatic carbocycles. The predicted octanol–water partition coefficient (Wildman–Crippen LogP) is -0.979. The number of aliphatic carboxylic acids is 2. The molecular weight excluding hydrogens is 218 g/mol. The lowest BCUT2D eigenvalue weighted by molar-refractivity contribution is -0.151. The van der Waals surface area contributed by atoms with Crippen molar-refractivity contribution in [1.82, 2.24) is 4.90 Å². The third-order valence-electron chi connectivity index (χ3n) is 2.24. The molecule has 0 aromatic heterocycles. The summed E-state index contributed by atoms with van der Waals surface area (Å²) in [6.07, 6.45) is 0.509. The largest absolute Gasteiger partial charge is 0.480 e. The Hall–Kier alpha value is -1.63. The van der Waals surface area contributed by atoms with Gasteiger partial charge in [-0.25, -0.2) is 0 Å². The van der Waals surface area contributed by atoms with Crippen molar-refractivity contribution in [2.45, 2.75) is 6.42 Å². The summed E-state index contributed by atoms with van der Waals surface area (Å²) in [6.45, 7) is -0.512. The van der Waals surface area contributed by atoms with Crippen LogP contribution in [0.25, 0.3) is 0 Å². The normalized spacial score (nSPS) is 19.4. The number of hydrogen-bond donors (Lipinski definition) is 2. The van der Waals surface area contributed by atoms with Gasteiger partial charge < -0.3 is 19.8 Å². The molecule has 1 fully saturated rings. The minimum absolute atomic E-state index is 0.231. The Kier molecular flexibility index (Phi) is 4.24. The Morgan fingerprint density at radius 2 is 1.75 bits per heavy atom. The van der Waals surface area contributed by atoms with Gasteiger partial charge in [0.25, 0.3) is 0 Å². The summed E-state index contributed by atoms with van der Waals surface area (Å²) in [5.41, 5.74) is 0. The van der Waals surface area contributed by atoms with E-state index in [0.29, 0.717) is 13.0 Å². The Bertz CT molecular complexity index is 280. The first-order chi connectivity index (χ1) is 7.50. The van der Waals surface area contributed by atoms with Gasteiger partial charge in [0.1, 0.15) is 13.1 Å². The van der Waals surface area contributed by atoms with Gasteiger partial charge in [0.15, 0.2) is 0 Å². The SMILES string of the molecule is O=C(O)CN(CC(=O)O)C(=O)C1CCOC1. The number of carbonyl (C=O) groups is 3. The van der Waals surface area contributed by atoms with E-state index in [-0.39, 0.29) is 6.61 Å². The van der Waals surface area contributed by atoms with Crippen molar-refractivity contribution in [3.8, 4) is 0 Å². The van der Waals surface area contributed by atoms with Crippen LogP contribution in [0, 0.1) is 5.92 Å². The molecule has 1 saturated heterocycles. The molecule has 0 saturated carbocycles. The summed E-state index contributed by atoms with van der Waals surface area (Å²) in [6, 6.07) is 0. The van der Waals surface area contributed by atoms with Crippen molar-refractivity contribution in [2.75, 3.05) is 26.3 Å². The van der Waals surface area contributed by atoms with Gasteiger partial charge in [-0.3, -0.25) is 14.4 Å². The number of nitrogens with zero attached hydrogens (tertiary/aromatic N) is 1. The highest BCUT2D eigenvalue weighted by Gasteiger charge is 2.30. The zero-order chi connectivity index (χ0) is 12.1. The van der Waals surface area contributed by atoms with Crippen LogP contribution in [0.2, 0.25) is 0 Å². The fourth-order valence-corrected chi connectivity index (χ4v) is 1.53. The Morgan fingerprint density at radius 1 is 1.19 bits per heavy atom. The fraction of sp³-hybridized carbons (Fsp3) is 0.667. The molecule has 1 atom stereocenters. The van der Waals surface area contributed by atoms with Crippen molar-refractivity contribution in [2.24, 2.45) is 5.92 Å². The van der Waals surface area contributed by atoms with Crippen LogP contribution in [0.5, 0.6) is 0 Å². The molecule has 1 unspecified atom stereocenters. The number of carboxylic acids is 2. The van der Waals surface area contributed by atoms with Crippen LogP contribution in [0.1, 0.15) is 6.42 Å². The lowest BCUT2D eigenvalue weighted by Gasteiger charge is -2.21. The molecule has 0 radical (unpaired) electrons. The number of rotatable bonds is 5. The van der Waals surface area contributed by atoms with E-state index < -0.39 is 36.9 Å². The molecule has 90 valence electrons. The van der Waals surface area contributed by atoms with Crippen molar-refractivity contribution in [1.29, 1.82) is 0 Å². The molecule has 0 aliphatic carbocycles. The zero-order valence-corrected chi connectivity index (χ0v) is 8.59. The Labute approximate surface area is 91.6 Å². The Morgan fingerprint density at radius 3 is 2.12 bits per heavy atom. The first-order valence-electron chi connectivity index (χ1n) is 4.81. The molecule has 1 aliphatic rings. The maximum absolute atomic E-state index is 11.7. The van der Waals surface area contributed by atoms with Gasteiger partial charge in [-0.05, 0) is 6.42 Å². The maximum atomic E-state index is 11.7. The number of carboxylic acid groups (broad SMARTS) is 2. The molecule has 2 N–H and O–H groups in total. The lowest BCUT2D eigenvalue weighted by atomic mass is 10.1. The molecule has 1 heterocycles. The van der Waals surface area contributed by atoms with Crippen molar-refractivity contribution < 1.29 is 29.3 Å². The van der Waals surface area contributed by atoms with E-state index in [1.54, 1.807) is 0 Å². The first-order valence-corrected chi connectivity index (χ1v) is 4.81. The van der Waals surface area contributed by atoms with Crippen LogP contribution in [0.15, 0.2) is 0 Å². The highest BCUT2D eigenvalue weighted by molar-refractivity contribution is 5.86. The molecule has 7 nitrogen and oxygen atoms in total. The van der Waals surface area contributed by atoms with E-state index in [9.17, 15) is 14.4 Å². The number of amides is 1. The first kappa shape index (κ1) is 12.4. The van der Waals surface area contributed by atoms with E-state index in [1.165, 1.54) is 0 Å². The summed E-state index contributed by atoms with van der Waals surface area (Å²) in [5, 5.41) is 17.1.